The smallest absolute Gasteiger partial charge is 0.255 e. The Morgan fingerprint density at radius 3 is 2.21 bits per heavy atom. The molecule has 4 atom stereocenters. The molecule has 3 aliphatic rings. The summed E-state index contributed by atoms with van der Waals surface area (Å²) in [5.41, 5.74) is 2.43. The molecule has 1 fully saturated rings. The molecule has 222 valence electrons. The normalized spacial score (nSPS) is 25.3. The van der Waals surface area contributed by atoms with Crippen molar-refractivity contribution in [2.75, 3.05) is 38.3 Å². The van der Waals surface area contributed by atoms with E-state index in [4.69, 9.17) is 5.73 Å². The van der Waals surface area contributed by atoms with E-state index in [1.165, 1.54) is 25.1 Å². The van der Waals surface area contributed by atoms with Crippen molar-refractivity contribution in [3.8, 4) is 16.9 Å². The van der Waals surface area contributed by atoms with Crippen LogP contribution in [-0.4, -0.2) is 87.9 Å². The third kappa shape index (κ3) is 3.96. The van der Waals surface area contributed by atoms with E-state index in [1.807, 2.05) is 31.1 Å². The Labute approximate surface area is 240 Å². The first-order valence-corrected chi connectivity index (χ1v) is 13.1. The van der Waals surface area contributed by atoms with Gasteiger partial charge in [0.1, 0.15) is 17.0 Å². The monoisotopic (exact) mass is 579 g/mol. The van der Waals surface area contributed by atoms with Gasteiger partial charge in [-0.15, -0.1) is 5.23 Å². The van der Waals surface area contributed by atoms with Crippen molar-refractivity contribution >= 4 is 34.6 Å². The van der Waals surface area contributed by atoms with Gasteiger partial charge in [-0.3, -0.25) is 29.7 Å². The number of likely N-dealkylation sites (N-methyl/N-ethyl adjacent to an activating group) is 1. The highest BCUT2D eigenvalue weighted by molar-refractivity contribution is 6.24. The topological polar surface area (TPSA) is 211 Å². The lowest BCUT2D eigenvalue weighted by Crippen LogP contribution is -2.65. The summed E-state index contributed by atoms with van der Waals surface area (Å²) in [5.74, 6) is -8.50. The Kier molecular flexibility index (Phi) is 6.81. The number of hydrogen-bond donors (Lipinski definition) is 6. The summed E-state index contributed by atoms with van der Waals surface area (Å²) in [6, 6.07) is 7.24. The van der Waals surface area contributed by atoms with Gasteiger partial charge in [0.15, 0.2) is 22.9 Å². The number of primary amides is 1. The molecule has 13 heteroatoms. The molecule has 0 saturated heterocycles. The number of fused-ring (bicyclic) bond motifs is 3. The maximum absolute atomic E-state index is 14.0. The van der Waals surface area contributed by atoms with E-state index >= 15 is 0 Å². The molecule has 1 amide bonds. The minimum Gasteiger partial charge on any atom is -0.872 e. The number of aromatic hydroxyl groups is 1. The standard InChI is InChI=1S/C29H32N4O9/c1-31(2)14-7-5-12(6-8-14)15-11-18(33(41)42)23(34)20-16(15)9-13-10-17-22(32(3)4)25(36)21(28(30)39)27(38)29(17,40)26(37)19(13)24(20)35/h5-8,11,13,17,22,34-35,38,40-42H,9-10H2,1-4H3,(H2,30,39)/p-1/t13-,17-,22?,29-/m0/s1. The third-order valence-electron chi connectivity index (χ3n) is 8.59. The Morgan fingerprint density at radius 2 is 1.69 bits per heavy atom. The minimum absolute atomic E-state index is 0.00564. The molecule has 5 rings (SSSR count). The molecule has 13 nitrogen and oxygen atoms in total. The van der Waals surface area contributed by atoms with Gasteiger partial charge in [-0.2, -0.15) is 0 Å². The van der Waals surface area contributed by atoms with Gasteiger partial charge in [0.25, 0.3) is 5.91 Å². The van der Waals surface area contributed by atoms with E-state index in [0.29, 0.717) is 16.7 Å². The molecule has 7 N–H and O–H groups in total. The zero-order valence-electron chi connectivity index (χ0n) is 23.3. The van der Waals surface area contributed by atoms with Gasteiger partial charge in [0.2, 0.25) is 0 Å². The SMILES string of the molecule is CN(C)c1ccc(-c2cc(N(O)O)c(O)c3c2C[C@H]2C[C@H]4C(N(C)C)C(=O)C(C(N)=O)=C(O)[C@@]4(O)C(=O)C2=C3[O-])cc1. The van der Waals surface area contributed by atoms with E-state index in [0.717, 1.165) is 5.69 Å². The van der Waals surface area contributed by atoms with E-state index in [-0.39, 0.29) is 23.6 Å². The second kappa shape index (κ2) is 9.84. The zero-order valence-corrected chi connectivity index (χ0v) is 23.3. The Bertz CT molecular complexity index is 1590. The van der Waals surface area contributed by atoms with Crippen LogP contribution in [0.15, 0.2) is 47.2 Å². The van der Waals surface area contributed by atoms with Crippen molar-refractivity contribution in [1.82, 2.24) is 4.90 Å². The number of benzene rings is 2. The molecule has 1 saturated carbocycles. The summed E-state index contributed by atoms with van der Waals surface area (Å²) in [6.07, 6.45) is -0.104. The largest absolute Gasteiger partial charge is 0.872 e. The number of aliphatic hydroxyl groups excluding tert-OH is 1. The van der Waals surface area contributed by atoms with Gasteiger partial charge in [-0.05, 0) is 73.3 Å². The first-order valence-electron chi connectivity index (χ1n) is 13.1. The number of hydrogen-bond acceptors (Lipinski definition) is 12. The highest BCUT2D eigenvalue weighted by Crippen LogP contribution is 2.54. The van der Waals surface area contributed by atoms with Crippen molar-refractivity contribution in [1.29, 1.82) is 0 Å². The fraction of sp³-hybridized carbons (Fsp3) is 0.345. The molecule has 0 bridgehead atoms. The number of anilines is 2. The quantitative estimate of drug-likeness (QED) is 0.205. The lowest BCUT2D eigenvalue weighted by atomic mass is 9.57. The molecule has 2 aromatic carbocycles. The average Bonchev–Trinajstić information content (AvgIpc) is 2.90. The predicted octanol–water partition coefficient (Wildman–Crippen LogP) is 0.0841. The van der Waals surface area contributed by atoms with E-state index in [1.54, 1.807) is 12.1 Å². The van der Waals surface area contributed by atoms with Gasteiger partial charge in [-0.1, -0.05) is 17.9 Å². The summed E-state index contributed by atoms with van der Waals surface area (Å²) in [6.45, 7) is 0. The van der Waals surface area contributed by atoms with Gasteiger partial charge in [0.05, 0.1) is 6.04 Å². The maximum atomic E-state index is 14.0. The Morgan fingerprint density at radius 1 is 1.07 bits per heavy atom. The van der Waals surface area contributed by atoms with Crippen LogP contribution in [-0.2, 0) is 20.8 Å². The molecule has 1 unspecified atom stereocenters. The molecule has 0 aromatic heterocycles. The zero-order chi connectivity index (χ0) is 31.0. The molecule has 0 heterocycles. The number of carbonyl (C=O) groups is 3. The minimum atomic E-state index is -2.82. The van der Waals surface area contributed by atoms with Crippen LogP contribution in [0, 0.1) is 11.8 Å². The second-order valence-electron chi connectivity index (χ2n) is 11.3. The summed E-state index contributed by atoms with van der Waals surface area (Å²) in [7, 11) is 6.75. The van der Waals surface area contributed by atoms with Crippen LogP contribution in [0.4, 0.5) is 11.4 Å². The van der Waals surface area contributed by atoms with E-state index < -0.39 is 75.1 Å². The number of amides is 1. The van der Waals surface area contributed by atoms with Crippen molar-refractivity contribution in [2.45, 2.75) is 24.5 Å². The fourth-order valence-electron chi connectivity index (χ4n) is 6.62. The summed E-state index contributed by atoms with van der Waals surface area (Å²) >= 11 is 0. The number of nitrogens with zero attached hydrogens (tertiary/aromatic N) is 3. The van der Waals surface area contributed by atoms with Crippen molar-refractivity contribution in [3.63, 3.8) is 0 Å². The molecule has 0 spiro atoms. The van der Waals surface area contributed by atoms with E-state index in [2.05, 4.69) is 0 Å². The fourth-order valence-corrected chi connectivity index (χ4v) is 6.62. The first kappa shape index (κ1) is 29.1. The van der Waals surface area contributed by atoms with Gasteiger partial charge >= 0.3 is 0 Å². The van der Waals surface area contributed by atoms with Crippen LogP contribution in [0.5, 0.6) is 5.75 Å². The number of Topliss-reactive ketones (excluding diaryl/α,β-unsaturated/α-hetero) is 2. The molecule has 3 aliphatic carbocycles. The molecule has 0 radical (unpaired) electrons. The Hall–Kier alpha value is -4.43. The van der Waals surface area contributed by atoms with Crippen molar-refractivity contribution in [2.24, 2.45) is 17.6 Å². The Balaban J connectivity index is 1.77. The first-order chi connectivity index (χ1) is 19.6. The predicted molar refractivity (Wildman–Crippen MR) is 147 cm³/mol. The maximum Gasteiger partial charge on any atom is 0.255 e. The van der Waals surface area contributed by atoms with Gasteiger partial charge in [-0.25, -0.2) is 0 Å². The third-order valence-corrected chi connectivity index (χ3v) is 8.59. The van der Waals surface area contributed by atoms with Crippen LogP contribution >= 0.6 is 0 Å². The second-order valence-corrected chi connectivity index (χ2v) is 11.3. The number of nitrogens with two attached hydrogens (primary N) is 1. The highest BCUT2D eigenvalue weighted by atomic mass is 16.8. The number of phenols is 1. The van der Waals surface area contributed by atoms with Crippen molar-refractivity contribution in [3.05, 3.63) is 58.4 Å². The van der Waals surface area contributed by atoms with E-state index in [9.17, 15) is 45.2 Å². The van der Waals surface area contributed by atoms with Crippen LogP contribution in [0.3, 0.4) is 0 Å². The number of aliphatic hydroxyl groups is 2. The molecule has 0 aliphatic heterocycles. The molecule has 2 aromatic rings. The summed E-state index contributed by atoms with van der Waals surface area (Å²) in [4.78, 5) is 42.7. The molecule has 42 heavy (non-hydrogen) atoms. The van der Waals surface area contributed by atoms with Crippen LogP contribution in [0.1, 0.15) is 17.5 Å². The van der Waals surface area contributed by atoms with Gasteiger partial charge in [0, 0.05) is 31.3 Å². The number of phenolic OH excluding ortho intramolecular Hbond substituents is 1. The lowest BCUT2D eigenvalue weighted by molar-refractivity contribution is -0.246. The highest BCUT2D eigenvalue weighted by Gasteiger charge is 2.63. The lowest BCUT2D eigenvalue weighted by Gasteiger charge is -2.51. The van der Waals surface area contributed by atoms with Crippen LogP contribution in [0.25, 0.3) is 16.9 Å². The number of ketones is 2. The molecular weight excluding hydrogens is 548 g/mol. The van der Waals surface area contributed by atoms with Crippen LogP contribution < -0.4 is 21.0 Å². The molecular formula is C29H31N4O9-. The number of carbonyl (C=O) groups excluding carboxylic acids is 3. The van der Waals surface area contributed by atoms with Crippen molar-refractivity contribution < 1.29 is 45.2 Å². The number of rotatable bonds is 5. The summed E-state index contributed by atoms with van der Waals surface area (Å²) in [5, 5.41) is 67.1. The van der Waals surface area contributed by atoms with Crippen LogP contribution in [0.2, 0.25) is 0 Å². The van der Waals surface area contributed by atoms with Gasteiger partial charge < -0.3 is 31.1 Å². The average molecular weight is 580 g/mol. The summed E-state index contributed by atoms with van der Waals surface area (Å²) < 4.78 is 0.